The average molecular weight is 558 g/mol. The number of fused-ring (bicyclic) bond motifs is 1. The lowest BCUT2D eigenvalue weighted by molar-refractivity contribution is 0.102. The first-order valence-electron chi connectivity index (χ1n) is 11.8. The molecule has 0 aliphatic heterocycles. The molecule has 38 heavy (non-hydrogen) atoms. The van der Waals surface area contributed by atoms with Crippen LogP contribution in [0.4, 0.5) is 5.00 Å². The minimum atomic E-state index is -0.336. The number of halogens is 2. The maximum atomic E-state index is 13.7. The molecule has 0 aliphatic carbocycles. The van der Waals surface area contributed by atoms with Gasteiger partial charge in [-0.25, -0.2) is 4.98 Å². The number of carbonyl (C=O) groups excluding carboxylic acids is 1. The first kappa shape index (κ1) is 25.7. The van der Waals surface area contributed by atoms with Gasteiger partial charge < -0.3 is 10.1 Å². The molecule has 5 nitrogen and oxygen atoms in total. The van der Waals surface area contributed by atoms with Crippen molar-refractivity contribution in [1.29, 1.82) is 5.26 Å². The fourth-order valence-electron chi connectivity index (χ4n) is 4.35. The molecule has 5 aromatic rings. The summed E-state index contributed by atoms with van der Waals surface area (Å²) in [5.74, 6) is 0.393. The SMILES string of the molecule is CCOc1cccc(-c2cc(C(=O)Nc3sc(C)c(-c4ccc(Cl)cc4Cl)c3C#N)c3ccccc3n2)c1. The molecule has 188 valence electrons. The number of rotatable bonds is 6. The number of anilines is 1. The number of nitrogens with one attached hydrogen (secondary N) is 1. The van der Waals surface area contributed by atoms with E-state index in [2.05, 4.69) is 11.4 Å². The van der Waals surface area contributed by atoms with Gasteiger partial charge in [0.1, 0.15) is 16.8 Å². The third-order valence-corrected chi connectivity index (χ3v) is 7.59. The molecular weight excluding hydrogens is 537 g/mol. The van der Waals surface area contributed by atoms with Crippen LogP contribution in [0, 0.1) is 18.3 Å². The molecule has 0 saturated carbocycles. The number of pyridine rings is 1. The molecule has 2 heterocycles. The standard InChI is InChI=1S/C30H21Cl2N3O2S/c1-3-37-20-8-6-7-18(13-20)27-15-23(21-9-4-5-10-26(21)34-27)29(36)35-30-24(16-33)28(17(2)38-30)22-12-11-19(31)14-25(22)32/h4-15H,3H2,1-2H3,(H,35,36). The van der Waals surface area contributed by atoms with Crippen LogP contribution in [0.3, 0.4) is 0 Å². The summed E-state index contributed by atoms with van der Waals surface area (Å²) in [4.78, 5) is 19.4. The lowest BCUT2D eigenvalue weighted by Gasteiger charge is -2.11. The van der Waals surface area contributed by atoms with E-state index in [4.69, 9.17) is 32.9 Å². The molecule has 5 rings (SSSR count). The van der Waals surface area contributed by atoms with Crippen LogP contribution in [0.5, 0.6) is 5.75 Å². The van der Waals surface area contributed by atoms with Crippen molar-refractivity contribution in [1.82, 2.24) is 4.98 Å². The van der Waals surface area contributed by atoms with E-state index in [0.29, 0.717) is 60.5 Å². The van der Waals surface area contributed by atoms with Crippen molar-refractivity contribution in [2.24, 2.45) is 0 Å². The molecule has 0 saturated heterocycles. The third kappa shape index (κ3) is 4.97. The highest BCUT2D eigenvalue weighted by atomic mass is 35.5. The number of para-hydroxylation sites is 1. The summed E-state index contributed by atoms with van der Waals surface area (Å²) in [5.41, 5.74) is 4.34. The van der Waals surface area contributed by atoms with E-state index in [1.807, 2.05) is 62.4 Å². The molecule has 8 heteroatoms. The minimum absolute atomic E-state index is 0.336. The molecule has 3 aromatic carbocycles. The van der Waals surface area contributed by atoms with Crippen molar-refractivity contribution < 1.29 is 9.53 Å². The quantitative estimate of drug-likeness (QED) is 0.226. The molecule has 1 N–H and O–H groups in total. The molecule has 0 spiro atoms. The first-order valence-corrected chi connectivity index (χ1v) is 13.4. The van der Waals surface area contributed by atoms with Crippen LogP contribution >= 0.6 is 34.5 Å². The highest BCUT2D eigenvalue weighted by Gasteiger charge is 2.22. The second kappa shape index (κ2) is 10.8. The maximum absolute atomic E-state index is 13.7. The van der Waals surface area contributed by atoms with Gasteiger partial charge in [0.2, 0.25) is 0 Å². The topological polar surface area (TPSA) is 75.0 Å². The van der Waals surface area contributed by atoms with Gasteiger partial charge >= 0.3 is 0 Å². The van der Waals surface area contributed by atoms with E-state index < -0.39 is 0 Å². The predicted octanol–water partition coefficient (Wildman–Crippen LogP) is 8.77. The van der Waals surface area contributed by atoms with E-state index in [-0.39, 0.29) is 5.91 Å². The molecule has 0 aliphatic rings. The molecule has 2 aromatic heterocycles. The van der Waals surface area contributed by atoms with E-state index >= 15 is 0 Å². The summed E-state index contributed by atoms with van der Waals surface area (Å²) in [7, 11) is 0. The minimum Gasteiger partial charge on any atom is -0.494 e. The Hall–Kier alpha value is -3.89. The fraction of sp³-hybridized carbons (Fsp3) is 0.100. The van der Waals surface area contributed by atoms with Crippen molar-refractivity contribution >= 4 is 56.3 Å². The Morgan fingerprint density at radius 2 is 1.89 bits per heavy atom. The van der Waals surface area contributed by atoms with Crippen molar-refractivity contribution in [2.45, 2.75) is 13.8 Å². The number of thiophene rings is 1. The third-order valence-electron chi connectivity index (χ3n) is 6.03. The lowest BCUT2D eigenvalue weighted by atomic mass is 10.0. The number of amides is 1. The molecule has 0 unspecified atom stereocenters. The highest BCUT2D eigenvalue weighted by Crippen LogP contribution is 2.43. The van der Waals surface area contributed by atoms with Crippen molar-refractivity contribution in [3.63, 3.8) is 0 Å². The lowest BCUT2D eigenvalue weighted by Crippen LogP contribution is -2.13. The monoisotopic (exact) mass is 557 g/mol. The summed E-state index contributed by atoms with van der Waals surface area (Å²) in [6, 6.07) is 24.3. The number of carbonyl (C=O) groups is 1. The zero-order valence-electron chi connectivity index (χ0n) is 20.5. The number of hydrogen-bond acceptors (Lipinski definition) is 5. The Labute approximate surface area is 234 Å². The van der Waals surface area contributed by atoms with Crippen LogP contribution in [0.1, 0.15) is 27.7 Å². The van der Waals surface area contributed by atoms with E-state index in [0.717, 1.165) is 16.2 Å². The van der Waals surface area contributed by atoms with Crippen LogP contribution in [0.25, 0.3) is 33.3 Å². The first-order chi connectivity index (χ1) is 18.4. The van der Waals surface area contributed by atoms with E-state index in [9.17, 15) is 10.1 Å². The fourth-order valence-corrected chi connectivity index (χ4v) is 5.87. The van der Waals surface area contributed by atoms with Crippen LogP contribution in [0.2, 0.25) is 10.0 Å². The highest BCUT2D eigenvalue weighted by molar-refractivity contribution is 7.17. The van der Waals surface area contributed by atoms with E-state index in [1.165, 1.54) is 11.3 Å². The number of aromatic nitrogens is 1. The number of ether oxygens (including phenoxy) is 1. The molecule has 1 amide bonds. The van der Waals surface area contributed by atoms with Crippen LogP contribution in [-0.2, 0) is 0 Å². The molecule has 0 radical (unpaired) electrons. The Morgan fingerprint density at radius 3 is 2.66 bits per heavy atom. The normalized spacial score (nSPS) is 10.8. The maximum Gasteiger partial charge on any atom is 0.257 e. The van der Waals surface area contributed by atoms with Gasteiger partial charge in [-0.2, -0.15) is 5.26 Å². The molecule has 0 bridgehead atoms. The van der Waals surface area contributed by atoms with Gasteiger partial charge in [0.05, 0.1) is 28.9 Å². The summed E-state index contributed by atoms with van der Waals surface area (Å²) in [5, 5.41) is 15.1. The molecule has 0 fully saturated rings. The summed E-state index contributed by atoms with van der Waals surface area (Å²) in [6.45, 7) is 4.37. The Morgan fingerprint density at radius 1 is 1.08 bits per heavy atom. The number of nitriles is 1. The zero-order chi connectivity index (χ0) is 26.8. The summed E-state index contributed by atoms with van der Waals surface area (Å²) >= 11 is 13.9. The van der Waals surface area contributed by atoms with Gasteiger partial charge in [-0.15, -0.1) is 11.3 Å². The van der Waals surface area contributed by atoms with Crippen molar-refractivity contribution in [3.8, 4) is 34.2 Å². The molecule has 0 atom stereocenters. The Balaban J connectivity index is 1.58. The van der Waals surface area contributed by atoms with Gasteiger partial charge in [-0.1, -0.05) is 59.6 Å². The Kier molecular flexibility index (Phi) is 7.35. The average Bonchev–Trinajstić information content (AvgIpc) is 3.22. The number of aryl methyl sites for hydroxylation is 1. The number of nitrogens with zero attached hydrogens (tertiary/aromatic N) is 2. The molecular formula is C30H21Cl2N3O2S. The number of hydrogen-bond donors (Lipinski definition) is 1. The van der Waals surface area contributed by atoms with Crippen LogP contribution < -0.4 is 10.1 Å². The summed E-state index contributed by atoms with van der Waals surface area (Å²) < 4.78 is 5.65. The van der Waals surface area contributed by atoms with Crippen molar-refractivity contribution in [2.75, 3.05) is 11.9 Å². The van der Waals surface area contributed by atoms with Gasteiger partial charge in [0.25, 0.3) is 5.91 Å². The van der Waals surface area contributed by atoms with Gasteiger partial charge in [0, 0.05) is 37.0 Å². The Bertz CT molecular complexity index is 1740. The predicted molar refractivity (Wildman–Crippen MR) is 156 cm³/mol. The van der Waals surface area contributed by atoms with Crippen molar-refractivity contribution in [3.05, 3.63) is 98.8 Å². The number of benzene rings is 3. The second-order valence-electron chi connectivity index (χ2n) is 8.46. The summed E-state index contributed by atoms with van der Waals surface area (Å²) in [6.07, 6.45) is 0. The van der Waals surface area contributed by atoms with E-state index in [1.54, 1.807) is 24.3 Å². The second-order valence-corrected chi connectivity index (χ2v) is 10.5. The zero-order valence-corrected chi connectivity index (χ0v) is 22.8. The largest absolute Gasteiger partial charge is 0.494 e. The van der Waals surface area contributed by atoms with Gasteiger partial charge in [-0.3, -0.25) is 4.79 Å². The smallest absolute Gasteiger partial charge is 0.257 e. The van der Waals surface area contributed by atoms with Crippen LogP contribution in [0.15, 0.2) is 72.8 Å². The van der Waals surface area contributed by atoms with Gasteiger partial charge in [0.15, 0.2) is 0 Å². The van der Waals surface area contributed by atoms with Crippen LogP contribution in [-0.4, -0.2) is 17.5 Å². The van der Waals surface area contributed by atoms with Gasteiger partial charge in [-0.05, 0) is 50.2 Å².